The van der Waals surface area contributed by atoms with E-state index >= 15 is 0 Å². The van der Waals surface area contributed by atoms with Crippen LogP contribution in [0.5, 0.6) is 0 Å². The predicted molar refractivity (Wildman–Crippen MR) is 67.4 cm³/mol. The number of nitrogens with zero attached hydrogens (tertiary/aromatic N) is 1. The molecule has 0 spiro atoms. The highest BCUT2D eigenvalue weighted by atomic mass is 16.4. The summed E-state index contributed by atoms with van der Waals surface area (Å²) in [6, 6.07) is 2.07. The van der Waals surface area contributed by atoms with Gasteiger partial charge in [-0.3, -0.25) is 0 Å². The maximum absolute atomic E-state index is 5.78. The topological polar surface area (TPSA) is 39.2 Å². The van der Waals surface area contributed by atoms with Crippen molar-refractivity contribution in [2.45, 2.75) is 34.1 Å². The van der Waals surface area contributed by atoms with Crippen LogP contribution in [0, 0.1) is 20.8 Å². The van der Waals surface area contributed by atoms with Crippen LogP contribution in [0.15, 0.2) is 14.9 Å². The van der Waals surface area contributed by atoms with Gasteiger partial charge >= 0.3 is 0 Å². The summed E-state index contributed by atoms with van der Waals surface area (Å²) in [6.07, 6.45) is 0.917. The maximum Gasteiger partial charge on any atom is 0.192 e. The summed E-state index contributed by atoms with van der Waals surface area (Å²) < 4.78 is 11.5. The molecule has 1 aromatic carbocycles. The minimum absolute atomic E-state index is 0.709. The van der Waals surface area contributed by atoms with Crippen molar-refractivity contribution >= 4 is 22.1 Å². The second kappa shape index (κ2) is 3.36. The van der Waals surface area contributed by atoms with E-state index in [9.17, 15) is 0 Å². The Kier molecular flexibility index (Phi) is 2.05. The van der Waals surface area contributed by atoms with Crippen molar-refractivity contribution in [1.82, 2.24) is 4.98 Å². The van der Waals surface area contributed by atoms with Gasteiger partial charge in [0.05, 0.1) is 5.39 Å². The second-order valence-corrected chi connectivity index (χ2v) is 4.46. The van der Waals surface area contributed by atoms with Crippen LogP contribution in [0.3, 0.4) is 0 Å². The zero-order chi connectivity index (χ0) is 12.2. The lowest BCUT2D eigenvalue weighted by molar-refractivity contribution is 0.556. The van der Waals surface area contributed by atoms with E-state index in [1.54, 1.807) is 0 Å². The van der Waals surface area contributed by atoms with E-state index in [0.717, 1.165) is 45.4 Å². The third kappa shape index (κ3) is 1.32. The van der Waals surface area contributed by atoms with Gasteiger partial charge < -0.3 is 8.83 Å². The molecule has 0 unspecified atom stereocenters. The van der Waals surface area contributed by atoms with Gasteiger partial charge in [0, 0.05) is 18.1 Å². The quantitative estimate of drug-likeness (QED) is 0.631. The number of fused-ring (bicyclic) bond motifs is 3. The van der Waals surface area contributed by atoms with Gasteiger partial charge in [0.2, 0.25) is 0 Å². The van der Waals surface area contributed by atoms with Crippen LogP contribution in [-0.4, -0.2) is 4.98 Å². The van der Waals surface area contributed by atoms with Crippen LogP contribution >= 0.6 is 0 Å². The van der Waals surface area contributed by atoms with Crippen molar-refractivity contribution in [2.75, 3.05) is 0 Å². The molecular weight excluding hydrogens is 214 g/mol. The first kappa shape index (κ1) is 10.4. The molecule has 0 bridgehead atoms. The zero-order valence-electron chi connectivity index (χ0n) is 10.5. The third-order valence-corrected chi connectivity index (χ3v) is 3.36. The number of furan rings is 1. The highest BCUT2D eigenvalue weighted by molar-refractivity contribution is 6.05. The molecule has 88 valence electrons. The summed E-state index contributed by atoms with van der Waals surface area (Å²) in [5.74, 6) is 1.66. The monoisotopic (exact) mass is 229 g/mol. The van der Waals surface area contributed by atoms with E-state index in [1.807, 2.05) is 13.8 Å². The number of aryl methyl sites for hydroxylation is 4. The fourth-order valence-corrected chi connectivity index (χ4v) is 2.35. The molecule has 0 saturated heterocycles. The van der Waals surface area contributed by atoms with Crippen molar-refractivity contribution in [3.05, 3.63) is 28.8 Å². The van der Waals surface area contributed by atoms with Gasteiger partial charge in [-0.2, -0.15) is 0 Å². The molecule has 2 aromatic heterocycles. The number of oxazole rings is 1. The van der Waals surface area contributed by atoms with Crippen LogP contribution in [0.1, 0.15) is 29.7 Å². The second-order valence-electron chi connectivity index (χ2n) is 4.46. The number of benzene rings is 1. The fraction of sp³-hybridized carbons (Fsp3) is 0.357. The summed E-state index contributed by atoms with van der Waals surface area (Å²) in [6.45, 7) is 8.05. The van der Waals surface area contributed by atoms with E-state index in [1.165, 1.54) is 0 Å². The maximum atomic E-state index is 5.78. The van der Waals surface area contributed by atoms with Crippen LogP contribution in [0.25, 0.3) is 22.1 Å². The van der Waals surface area contributed by atoms with E-state index in [4.69, 9.17) is 8.83 Å². The highest BCUT2D eigenvalue weighted by Gasteiger charge is 2.17. The first-order valence-electron chi connectivity index (χ1n) is 5.90. The molecule has 0 radical (unpaired) electrons. The molecule has 0 aliphatic carbocycles. The molecule has 3 aromatic rings. The Labute approximate surface area is 99.4 Å². The molecule has 3 heteroatoms. The van der Waals surface area contributed by atoms with Gasteiger partial charge in [-0.1, -0.05) is 6.92 Å². The minimum Gasteiger partial charge on any atom is -0.461 e. The predicted octanol–water partition coefficient (Wildman–Crippen LogP) is 4.06. The molecule has 0 atom stereocenters. The Hall–Kier alpha value is -1.77. The van der Waals surface area contributed by atoms with Crippen LogP contribution < -0.4 is 0 Å². The average molecular weight is 229 g/mol. The lowest BCUT2D eigenvalue weighted by Gasteiger charge is -1.98. The van der Waals surface area contributed by atoms with E-state index in [0.29, 0.717) is 5.89 Å². The highest BCUT2D eigenvalue weighted by Crippen LogP contribution is 2.34. The van der Waals surface area contributed by atoms with Gasteiger partial charge in [-0.25, -0.2) is 4.98 Å². The average Bonchev–Trinajstić information content (AvgIpc) is 2.79. The van der Waals surface area contributed by atoms with E-state index in [-0.39, 0.29) is 0 Å². The summed E-state index contributed by atoms with van der Waals surface area (Å²) in [4.78, 5) is 4.50. The van der Waals surface area contributed by atoms with Gasteiger partial charge in [-0.15, -0.1) is 0 Å². The third-order valence-electron chi connectivity index (χ3n) is 3.36. The van der Waals surface area contributed by atoms with Crippen LogP contribution in [0.4, 0.5) is 0 Å². The summed E-state index contributed by atoms with van der Waals surface area (Å²) >= 11 is 0. The number of hydrogen-bond donors (Lipinski definition) is 0. The molecule has 0 fully saturated rings. The Bertz CT molecular complexity index is 719. The Morgan fingerprint density at radius 1 is 1.18 bits per heavy atom. The molecule has 0 aliphatic rings. The number of hydrogen-bond acceptors (Lipinski definition) is 3. The molecule has 3 rings (SSSR count). The van der Waals surface area contributed by atoms with Crippen molar-refractivity contribution in [3.8, 4) is 0 Å². The Balaban J connectivity index is 2.59. The zero-order valence-corrected chi connectivity index (χ0v) is 10.5. The smallest absolute Gasteiger partial charge is 0.192 e. The van der Waals surface area contributed by atoms with Gasteiger partial charge in [0.1, 0.15) is 16.9 Å². The van der Waals surface area contributed by atoms with Crippen molar-refractivity contribution in [3.63, 3.8) is 0 Å². The summed E-state index contributed by atoms with van der Waals surface area (Å²) in [7, 11) is 0. The first-order chi connectivity index (χ1) is 8.11. The van der Waals surface area contributed by atoms with Crippen molar-refractivity contribution < 1.29 is 8.83 Å². The van der Waals surface area contributed by atoms with Crippen LogP contribution in [0.2, 0.25) is 0 Å². The normalized spacial score (nSPS) is 11.8. The lowest BCUT2D eigenvalue weighted by Crippen LogP contribution is -1.83. The van der Waals surface area contributed by atoms with Crippen LogP contribution in [-0.2, 0) is 6.42 Å². The fourth-order valence-electron chi connectivity index (χ4n) is 2.35. The standard InChI is InChI=1S/C14H15NO2/c1-5-10-6-11-12(7(2)8(3)16-11)13-14(10)17-9(4)15-13/h6H,5H2,1-4H3. The van der Waals surface area contributed by atoms with Gasteiger partial charge in [0.15, 0.2) is 11.5 Å². The van der Waals surface area contributed by atoms with E-state index in [2.05, 4.69) is 24.9 Å². The van der Waals surface area contributed by atoms with E-state index < -0.39 is 0 Å². The Morgan fingerprint density at radius 2 is 1.94 bits per heavy atom. The molecule has 17 heavy (non-hydrogen) atoms. The largest absolute Gasteiger partial charge is 0.461 e. The van der Waals surface area contributed by atoms with Crippen molar-refractivity contribution in [2.24, 2.45) is 0 Å². The number of aromatic nitrogens is 1. The van der Waals surface area contributed by atoms with Gasteiger partial charge in [-0.05, 0) is 26.3 Å². The molecule has 0 saturated carbocycles. The van der Waals surface area contributed by atoms with Crippen molar-refractivity contribution in [1.29, 1.82) is 0 Å². The summed E-state index contributed by atoms with van der Waals surface area (Å²) in [5.41, 5.74) is 5.06. The minimum atomic E-state index is 0.709. The Morgan fingerprint density at radius 3 is 2.65 bits per heavy atom. The lowest BCUT2D eigenvalue weighted by atomic mass is 10.1. The number of rotatable bonds is 1. The summed E-state index contributed by atoms with van der Waals surface area (Å²) in [5, 5.41) is 1.09. The molecular formula is C14H15NO2. The molecule has 0 aliphatic heterocycles. The molecule has 0 N–H and O–H groups in total. The van der Waals surface area contributed by atoms with Gasteiger partial charge in [0.25, 0.3) is 0 Å². The SMILES string of the molecule is CCc1cc2oc(C)c(C)c2c2nc(C)oc12. The first-order valence-corrected chi connectivity index (χ1v) is 5.90. The molecule has 2 heterocycles. The molecule has 0 amide bonds. The molecule has 3 nitrogen and oxygen atoms in total.